The molecule has 4 aromatic rings. The topological polar surface area (TPSA) is 105 Å². The van der Waals surface area contributed by atoms with Crippen LogP contribution in [0.2, 0.25) is 0 Å². The van der Waals surface area contributed by atoms with Gasteiger partial charge < -0.3 is 9.73 Å². The van der Waals surface area contributed by atoms with Crippen LogP contribution in [0.15, 0.2) is 70.4 Å². The number of pyridine rings is 2. The molecule has 0 saturated carbocycles. The minimum absolute atomic E-state index is 0.0456. The Bertz CT molecular complexity index is 1640. The van der Waals surface area contributed by atoms with E-state index in [1.165, 1.54) is 24.4 Å². The zero-order valence-electron chi connectivity index (χ0n) is 20.4. The summed E-state index contributed by atoms with van der Waals surface area (Å²) in [7, 11) is -4.20. The predicted octanol–water partition coefficient (Wildman–Crippen LogP) is 4.76. The number of halogens is 4. The van der Waals surface area contributed by atoms with Crippen LogP contribution in [-0.2, 0) is 27.5 Å². The van der Waals surface area contributed by atoms with Gasteiger partial charge in [-0.15, -0.1) is 0 Å². The number of hydrogen-bond acceptors (Lipinski definition) is 6. The zero-order valence-corrected chi connectivity index (χ0v) is 21.3. The summed E-state index contributed by atoms with van der Waals surface area (Å²) >= 11 is 0. The minimum atomic E-state index is -4.50. The van der Waals surface area contributed by atoms with Crippen LogP contribution in [0.5, 0.6) is 0 Å². The summed E-state index contributed by atoms with van der Waals surface area (Å²) in [5, 5.41) is 2.61. The molecule has 1 aliphatic rings. The van der Waals surface area contributed by atoms with E-state index in [1.54, 1.807) is 12.1 Å². The molecule has 2 atom stereocenters. The molecule has 5 rings (SSSR count). The Morgan fingerprint density at radius 1 is 1.13 bits per heavy atom. The molecule has 0 unspecified atom stereocenters. The van der Waals surface area contributed by atoms with Gasteiger partial charge in [-0.25, -0.2) is 12.8 Å². The second-order valence-electron chi connectivity index (χ2n) is 9.36. The van der Waals surface area contributed by atoms with Crippen LogP contribution in [-0.4, -0.2) is 41.2 Å². The van der Waals surface area contributed by atoms with Gasteiger partial charge in [0.1, 0.15) is 17.4 Å². The third-order valence-corrected chi connectivity index (χ3v) is 8.16. The first-order chi connectivity index (χ1) is 18.4. The lowest BCUT2D eigenvalue weighted by Crippen LogP contribution is -2.45. The number of carbonyl (C=O) groups is 1. The van der Waals surface area contributed by atoms with Gasteiger partial charge in [-0.1, -0.05) is 6.92 Å². The van der Waals surface area contributed by atoms with Crippen molar-refractivity contribution >= 4 is 26.9 Å². The molecule has 0 radical (unpaired) electrons. The molecule has 1 aliphatic heterocycles. The molecule has 204 valence electrons. The molecule has 0 bridgehead atoms. The Labute approximate surface area is 220 Å². The number of carbonyl (C=O) groups excluding carboxylic acids is 1. The number of aromatic nitrogens is 2. The van der Waals surface area contributed by atoms with Crippen molar-refractivity contribution in [3.8, 4) is 11.3 Å². The molecule has 1 fully saturated rings. The summed E-state index contributed by atoms with van der Waals surface area (Å²) in [6, 6.07) is 9.22. The number of fused-ring (bicyclic) bond motifs is 1. The van der Waals surface area contributed by atoms with Crippen LogP contribution in [0, 0.1) is 11.7 Å². The number of hydrogen-bond donors (Lipinski definition) is 1. The van der Waals surface area contributed by atoms with Gasteiger partial charge in [0.05, 0.1) is 23.5 Å². The molecule has 39 heavy (non-hydrogen) atoms. The monoisotopic (exact) mass is 562 g/mol. The number of sulfonamides is 1. The minimum Gasteiger partial charge on any atom is -0.443 e. The molecular weight excluding hydrogens is 540 g/mol. The van der Waals surface area contributed by atoms with Crippen LogP contribution in [0.3, 0.4) is 0 Å². The van der Waals surface area contributed by atoms with Gasteiger partial charge in [0, 0.05) is 36.0 Å². The maximum absolute atomic E-state index is 13.6. The highest BCUT2D eigenvalue weighted by atomic mass is 32.2. The molecule has 1 N–H and O–H groups in total. The van der Waals surface area contributed by atoms with Crippen molar-refractivity contribution in [1.29, 1.82) is 0 Å². The normalized spacial score (nSPS) is 18.5. The fourth-order valence-corrected chi connectivity index (χ4v) is 6.18. The van der Waals surface area contributed by atoms with E-state index in [0.717, 1.165) is 28.7 Å². The van der Waals surface area contributed by atoms with Crippen molar-refractivity contribution in [2.45, 2.75) is 37.2 Å². The standard InChI is InChI=1S/C26H22F4N4O4S/c1-15-8-22(34(14-15)39(36,37)24-11-17-9-19(27)3-5-23(17)38-24)25(35)33-13-20-10-16(6-7-31-20)21-4-2-18(12-32-21)26(28,29)30/h2-7,9-12,15,22H,8,13-14H2,1H3,(H,33,35)/t15-,22+/m1/s1. The Balaban J connectivity index is 1.31. The number of nitrogens with one attached hydrogen (secondary N) is 1. The fourth-order valence-electron chi connectivity index (χ4n) is 4.51. The van der Waals surface area contributed by atoms with Crippen LogP contribution >= 0.6 is 0 Å². The highest BCUT2D eigenvalue weighted by molar-refractivity contribution is 7.89. The number of benzene rings is 1. The Morgan fingerprint density at radius 2 is 1.92 bits per heavy atom. The van der Waals surface area contributed by atoms with Gasteiger partial charge in [-0.2, -0.15) is 17.5 Å². The van der Waals surface area contributed by atoms with Crippen LogP contribution in [0.1, 0.15) is 24.6 Å². The summed E-state index contributed by atoms with van der Waals surface area (Å²) in [6.45, 7) is 1.88. The SMILES string of the molecule is C[C@@H]1C[C@@H](C(=O)NCc2cc(-c3ccc(C(F)(F)F)cn3)ccn2)N(S(=O)(=O)c2cc3cc(F)ccc3o2)C1. The smallest absolute Gasteiger partial charge is 0.417 e. The third kappa shape index (κ3) is 5.50. The van der Waals surface area contributed by atoms with Crippen LogP contribution in [0.4, 0.5) is 17.6 Å². The number of amides is 1. The first kappa shape index (κ1) is 26.8. The van der Waals surface area contributed by atoms with Crippen molar-refractivity contribution < 1.29 is 35.2 Å². The number of furan rings is 1. The van der Waals surface area contributed by atoms with Crippen LogP contribution < -0.4 is 5.32 Å². The van der Waals surface area contributed by atoms with E-state index in [1.807, 2.05) is 6.92 Å². The van der Waals surface area contributed by atoms with Gasteiger partial charge in [-0.05, 0) is 54.8 Å². The quantitative estimate of drug-likeness (QED) is 0.340. The summed E-state index contributed by atoms with van der Waals surface area (Å²) in [5.41, 5.74) is 0.542. The average Bonchev–Trinajstić information content (AvgIpc) is 3.51. The average molecular weight is 563 g/mol. The lowest BCUT2D eigenvalue weighted by atomic mass is 10.1. The number of rotatable bonds is 6. The first-order valence-electron chi connectivity index (χ1n) is 11.9. The molecule has 13 heteroatoms. The second kappa shape index (κ2) is 10.0. The lowest BCUT2D eigenvalue weighted by Gasteiger charge is -2.22. The van der Waals surface area contributed by atoms with Crippen molar-refractivity contribution in [2.75, 3.05) is 6.54 Å². The summed E-state index contributed by atoms with van der Waals surface area (Å²) < 4.78 is 85.3. The largest absolute Gasteiger partial charge is 0.443 e. The maximum Gasteiger partial charge on any atom is 0.417 e. The number of nitrogens with zero attached hydrogens (tertiary/aromatic N) is 3. The molecule has 0 spiro atoms. The highest BCUT2D eigenvalue weighted by Gasteiger charge is 2.43. The predicted molar refractivity (Wildman–Crippen MR) is 132 cm³/mol. The van der Waals surface area contributed by atoms with Gasteiger partial charge in [0.2, 0.25) is 11.0 Å². The van der Waals surface area contributed by atoms with Crippen molar-refractivity contribution in [3.63, 3.8) is 0 Å². The zero-order chi connectivity index (χ0) is 27.9. The Morgan fingerprint density at radius 3 is 2.64 bits per heavy atom. The molecule has 1 amide bonds. The third-order valence-electron chi connectivity index (χ3n) is 6.43. The highest BCUT2D eigenvalue weighted by Crippen LogP contribution is 2.33. The molecule has 4 heterocycles. The van der Waals surface area contributed by atoms with Crippen molar-refractivity contribution in [2.24, 2.45) is 5.92 Å². The van der Waals surface area contributed by atoms with Gasteiger partial charge >= 0.3 is 6.18 Å². The number of alkyl halides is 3. The molecule has 1 saturated heterocycles. The molecule has 0 aliphatic carbocycles. The van der Waals surface area contributed by atoms with Crippen LogP contribution in [0.25, 0.3) is 22.2 Å². The van der Waals surface area contributed by atoms with Gasteiger partial charge in [0.25, 0.3) is 10.0 Å². The van der Waals surface area contributed by atoms with Gasteiger partial charge in [0.15, 0.2) is 0 Å². The first-order valence-corrected chi connectivity index (χ1v) is 13.3. The summed E-state index contributed by atoms with van der Waals surface area (Å²) in [4.78, 5) is 21.2. The molecule has 1 aromatic carbocycles. The van der Waals surface area contributed by atoms with E-state index in [4.69, 9.17) is 4.42 Å². The van der Waals surface area contributed by atoms with Gasteiger partial charge in [-0.3, -0.25) is 14.8 Å². The summed E-state index contributed by atoms with van der Waals surface area (Å²) in [6.07, 6.45) is -2.04. The Kier molecular flexibility index (Phi) is 6.89. The van der Waals surface area contributed by atoms with E-state index < -0.39 is 39.5 Å². The molecule has 3 aromatic heterocycles. The fraction of sp³-hybridized carbons (Fsp3) is 0.269. The van der Waals surface area contributed by atoms with E-state index in [-0.39, 0.29) is 41.5 Å². The lowest BCUT2D eigenvalue weighted by molar-refractivity contribution is -0.137. The van der Waals surface area contributed by atoms with Crippen molar-refractivity contribution in [3.05, 3.63) is 78.0 Å². The second-order valence-corrected chi connectivity index (χ2v) is 11.2. The maximum atomic E-state index is 13.6. The van der Waals surface area contributed by atoms with E-state index in [9.17, 15) is 30.8 Å². The summed E-state index contributed by atoms with van der Waals surface area (Å²) in [5.74, 6) is -1.18. The Hall–Kier alpha value is -3.84. The van der Waals surface area contributed by atoms with E-state index in [2.05, 4.69) is 15.3 Å². The molecular formula is C26H22F4N4O4S. The van der Waals surface area contributed by atoms with E-state index >= 15 is 0 Å². The van der Waals surface area contributed by atoms with Crippen molar-refractivity contribution in [1.82, 2.24) is 19.6 Å². The van der Waals surface area contributed by atoms with E-state index in [0.29, 0.717) is 17.0 Å². The molecule has 8 nitrogen and oxygen atoms in total.